The fourth-order valence-electron chi connectivity index (χ4n) is 4.25. The average Bonchev–Trinajstić information content (AvgIpc) is 3.16. The molecule has 1 aliphatic heterocycles. The number of anilines is 1. The van der Waals surface area contributed by atoms with Crippen molar-refractivity contribution >= 4 is 28.2 Å². The van der Waals surface area contributed by atoms with Gasteiger partial charge in [0.15, 0.2) is 0 Å². The Morgan fingerprint density at radius 1 is 1.06 bits per heavy atom. The molecule has 2 heterocycles. The second kappa shape index (κ2) is 9.26. The maximum atomic E-state index is 14.6. The van der Waals surface area contributed by atoms with Crippen LogP contribution in [0.25, 0.3) is 10.9 Å². The Hall–Kier alpha value is -3.97. The molecule has 6 nitrogen and oxygen atoms in total. The number of H-pyrrole nitrogens is 1. The Labute approximate surface area is 191 Å². The molecule has 0 saturated heterocycles. The van der Waals surface area contributed by atoms with Gasteiger partial charge < -0.3 is 20.7 Å². The van der Waals surface area contributed by atoms with Gasteiger partial charge in [0, 0.05) is 41.0 Å². The first-order valence-corrected chi connectivity index (χ1v) is 10.6. The van der Waals surface area contributed by atoms with Gasteiger partial charge in [-0.1, -0.05) is 48.5 Å². The molecule has 1 aliphatic rings. The Kier molecular flexibility index (Phi) is 6.24. The number of amides is 1. The summed E-state index contributed by atoms with van der Waals surface area (Å²) in [6.07, 6.45) is 1.79. The van der Waals surface area contributed by atoms with Crippen LogP contribution in [0.3, 0.4) is 0 Å². The Balaban J connectivity index is 0.00000259. The number of fused-ring (bicyclic) bond motifs is 2. The van der Waals surface area contributed by atoms with Crippen LogP contribution in [0.15, 0.2) is 84.0 Å². The van der Waals surface area contributed by atoms with Crippen LogP contribution in [0, 0.1) is 5.82 Å². The van der Waals surface area contributed by atoms with Gasteiger partial charge in [0.05, 0.1) is 18.7 Å². The number of aliphatic imine (C=N–C) groups is 1. The highest BCUT2D eigenvalue weighted by Crippen LogP contribution is 2.28. The molecule has 168 valence electrons. The molecule has 4 N–H and O–H groups in total. The highest BCUT2D eigenvalue weighted by molar-refractivity contribution is 6.16. The van der Waals surface area contributed by atoms with Crippen LogP contribution in [0.5, 0.6) is 0 Å². The third-order valence-corrected chi connectivity index (χ3v) is 5.91. The van der Waals surface area contributed by atoms with Gasteiger partial charge in [0.1, 0.15) is 12.0 Å². The number of likely N-dealkylation sites (N-methyl/N-ethyl adjacent to an activating group) is 1. The fourth-order valence-corrected chi connectivity index (χ4v) is 4.25. The molecular weight excluding hydrogens is 419 g/mol. The quantitative estimate of drug-likeness (QED) is 0.505. The molecule has 7 heteroatoms. The van der Waals surface area contributed by atoms with Crippen LogP contribution < -0.4 is 10.2 Å². The number of rotatable bonds is 4. The SMILES string of the molecule is CN1c2ccccc2C(c2ccccc2F)=NCC1NC(=O)Cc1c[nH]c2ccccc12.O. The van der Waals surface area contributed by atoms with Crippen molar-refractivity contribution in [3.8, 4) is 0 Å². The number of nitrogens with one attached hydrogen (secondary N) is 2. The van der Waals surface area contributed by atoms with E-state index in [1.165, 1.54) is 6.07 Å². The summed E-state index contributed by atoms with van der Waals surface area (Å²) in [5.41, 5.74) is 4.75. The molecule has 1 atom stereocenters. The average molecular weight is 445 g/mol. The first-order chi connectivity index (χ1) is 15.6. The summed E-state index contributed by atoms with van der Waals surface area (Å²) in [7, 11) is 1.93. The van der Waals surface area contributed by atoms with E-state index in [2.05, 4.69) is 10.3 Å². The van der Waals surface area contributed by atoms with Crippen LogP contribution in [0.4, 0.5) is 10.1 Å². The lowest BCUT2D eigenvalue weighted by atomic mass is 10.00. The van der Waals surface area contributed by atoms with Crippen LogP contribution in [0.2, 0.25) is 0 Å². The van der Waals surface area contributed by atoms with Crippen molar-refractivity contribution in [1.29, 1.82) is 0 Å². The van der Waals surface area contributed by atoms with Gasteiger partial charge in [-0.3, -0.25) is 9.79 Å². The predicted molar refractivity (Wildman–Crippen MR) is 129 cm³/mol. The van der Waals surface area contributed by atoms with Crippen LogP contribution >= 0.6 is 0 Å². The van der Waals surface area contributed by atoms with Crippen LogP contribution in [-0.4, -0.2) is 41.8 Å². The van der Waals surface area contributed by atoms with Crippen LogP contribution in [-0.2, 0) is 11.2 Å². The lowest BCUT2D eigenvalue weighted by molar-refractivity contribution is -0.121. The number of hydrogen-bond donors (Lipinski definition) is 2. The molecule has 0 spiro atoms. The number of hydrogen-bond acceptors (Lipinski definition) is 3. The number of aromatic amines is 1. The van der Waals surface area contributed by atoms with Crippen molar-refractivity contribution in [3.05, 3.63) is 102 Å². The van der Waals surface area contributed by atoms with Gasteiger partial charge in [0.2, 0.25) is 5.91 Å². The van der Waals surface area contributed by atoms with E-state index in [1.807, 2.05) is 66.7 Å². The van der Waals surface area contributed by atoms with Crippen molar-refractivity contribution in [1.82, 2.24) is 10.3 Å². The Morgan fingerprint density at radius 2 is 1.76 bits per heavy atom. The fraction of sp³-hybridized carbons (Fsp3) is 0.154. The van der Waals surface area contributed by atoms with Gasteiger partial charge in [-0.25, -0.2) is 4.39 Å². The Bertz CT molecular complexity index is 1330. The molecule has 0 aliphatic carbocycles. The third-order valence-electron chi connectivity index (χ3n) is 5.91. The minimum Gasteiger partial charge on any atom is -0.412 e. The maximum Gasteiger partial charge on any atom is 0.226 e. The highest BCUT2D eigenvalue weighted by atomic mass is 19.1. The lowest BCUT2D eigenvalue weighted by Gasteiger charge is -2.29. The van der Waals surface area contributed by atoms with E-state index in [9.17, 15) is 9.18 Å². The molecule has 0 bridgehead atoms. The second-order valence-electron chi connectivity index (χ2n) is 7.92. The monoisotopic (exact) mass is 444 g/mol. The molecule has 4 aromatic rings. The zero-order valence-electron chi connectivity index (χ0n) is 18.2. The normalized spacial score (nSPS) is 15.3. The summed E-state index contributed by atoms with van der Waals surface area (Å²) < 4.78 is 14.6. The molecule has 1 amide bonds. The number of benzodiazepines with no additional fused rings is 1. The zero-order chi connectivity index (χ0) is 22.1. The number of nitrogens with zero attached hydrogens (tertiary/aromatic N) is 2. The smallest absolute Gasteiger partial charge is 0.226 e. The third kappa shape index (κ3) is 4.23. The lowest BCUT2D eigenvalue weighted by Crippen LogP contribution is -2.48. The van der Waals surface area contributed by atoms with E-state index in [0.29, 0.717) is 17.8 Å². The van der Waals surface area contributed by atoms with E-state index in [-0.39, 0.29) is 29.8 Å². The van der Waals surface area contributed by atoms with E-state index in [4.69, 9.17) is 4.99 Å². The van der Waals surface area contributed by atoms with Gasteiger partial charge in [0.25, 0.3) is 0 Å². The molecule has 0 radical (unpaired) electrons. The number of benzene rings is 3. The molecule has 3 aromatic carbocycles. The van der Waals surface area contributed by atoms with Gasteiger partial charge in [-0.2, -0.15) is 0 Å². The van der Waals surface area contributed by atoms with E-state index < -0.39 is 0 Å². The largest absolute Gasteiger partial charge is 0.412 e. The number of halogens is 1. The summed E-state index contributed by atoms with van der Waals surface area (Å²) in [6, 6.07) is 22.3. The maximum absolute atomic E-state index is 14.6. The van der Waals surface area contributed by atoms with E-state index in [1.54, 1.807) is 18.2 Å². The van der Waals surface area contributed by atoms with Crippen molar-refractivity contribution in [3.63, 3.8) is 0 Å². The summed E-state index contributed by atoms with van der Waals surface area (Å²) in [6.45, 7) is 0.314. The number of para-hydroxylation sites is 2. The van der Waals surface area contributed by atoms with E-state index >= 15 is 0 Å². The van der Waals surface area contributed by atoms with Crippen molar-refractivity contribution in [2.75, 3.05) is 18.5 Å². The summed E-state index contributed by atoms with van der Waals surface area (Å²) in [5, 5.41) is 4.15. The van der Waals surface area contributed by atoms with Crippen molar-refractivity contribution < 1.29 is 14.7 Å². The van der Waals surface area contributed by atoms with Gasteiger partial charge in [-0.05, 0) is 29.8 Å². The summed E-state index contributed by atoms with van der Waals surface area (Å²) >= 11 is 0. The molecule has 1 aromatic heterocycles. The molecule has 33 heavy (non-hydrogen) atoms. The topological polar surface area (TPSA) is 92.0 Å². The minimum absolute atomic E-state index is 0. The highest BCUT2D eigenvalue weighted by Gasteiger charge is 2.26. The Morgan fingerprint density at radius 3 is 2.58 bits per heavy atom. The van der Waals surface area contributed by atoms with Crippen LogP contribution in [0.1, 0.15) is 16.7 Å². The first kappa shape index (κ1) is 22.2. The molecule has 5 rings (SSSR count). The van der Waals surface area contributed by atoms with Crippen molar-refractivity contribution in [2.45, 2.75) is 12.6 Å². The number of aromatic nitrogens is 1. The van der Waals surface area contributed by atoms with Gasteiger partial charge >= 0.3 is 0 Å². The summed E-state index contributed by atoms with van der Waals surface area (Å²) in [5.74, 6) is -0.404. The van der Waals surface area contributed by atoms with Gasteiger partial charge in [-0.15, -0.1) is 0 Å². The number of carbonyl (C=O) groups excluding carboxylic acids is 1. The molecule has 1 unspecified atom stereocenters. The first-order valence-electron chi connectivity index (χ1n) is 10.6. The minimum atomic E-state index is -0.349. The number of carbonyl (C=O) groups is 1. The molecule has 0 saturated carbocycles. The zero-order valence-corrected chi connectivity index (χ0v) is 18.2. The molecular formula is C26H25FN4O2. The second-order valence-corrected chi connectivity index (χ2v) is 7.92. The predicted octanol–water partition coefficient (Wildman–Crippen LogP) is 3.45. The van der Waals surface area contributed by atoms with Crippen molar-refractivity contribution in [2.24, 2.45) is 4.99 Å². The standard InChI is InChI=1S/C26H23FN4O.H2O/c1-31-23-13-7-4-10-20(23)26(19-9-2-5-11-21(19)27)29-16-24(31)30-25(32)14-17-15-28-22-12-6-3-8-18(17)22;/h2-13,15,24,28H,14,16H2,1H3,(H,30,32);1H2. The molecule has 0 fully saturated rings. The summed E-state index contributed by atoms with van der Waals surface area (Å²) in [4.78, 5) is 22.9. The van der Waals surface area contributed by atoms with E-state index in [0.717, 1.165) is 27.7 Å².